The molecular weight excluding hydrogens is 538 g/mol. The second-order valence-electron chi connectivity index (χ2n) is 11.2. The van der Waals surface area contributed by atoms with E-state index in [0.29, 0.717) is 63.8 Å². The van der Waals surface area contributed by atoms with Gasteiger partial charge in [-0.15, -0.1) is 11.8 Å². The number of nitrogens with zero attached hydrogens (tertiary/aromatic N) is 1. The number of aliphatic carboxylic acids is 1. The largest absolute Gasteiger partial charge is 0.481 e. The van der Waals surface area contributed by atoms with Gasteiger partial charge in [0.25, 0.3) is 11.8 Å². The Morgan fingerprint density at radius 2 is 1.57 bits per heavy atom. The van der Waals surface area contributed by atoms with Crippen molar-refractivity contribution < 1.29 is 33.9 Å². The molecule has 0 aromatic carbocycles. The predicted molar refractivity (Wildman–Crippen MR) is 147 cm³/mol. The van der Waals surface area contributed by atoms with Crippen molar-refractivity contribution in [2.24, 2.45) is 5.41 Å². The number of carbonyl (C=O) groups excluding carboxylic acids is 5. The third-order valence-corrected chi connectivity index (χ3v) is 10.1. The van der Waals surface area contributed by atoms with Crippen molar-refractivity contribution in [2.75, 3.05) is 25.4 Å². The van der Waals surface area contributed by atoms with E-state index in [4.69, 9.17) is 5.11 Å². The van der Waals surface area contributed by atoms with Gasteiger partial charge in [-0.25, -0.2) is 4.79 Å². The van der Waals surface area contributed by atoms with Gasteiger partial charge in [0.2, 0.25) is 11.8 Å². The van der Waals surface area contributed by atoms with Gasteiger partial charge < -0.3 is 26.4 Å². The number of hydrogen-bond donors (Lipinski definition) is 5. The maximum atomic E-state index is 13.4. The number of rotatable bonds is 14. The molecule has 1 aliphatic carbocycles. The molecule has 3 aliphatic heterocycles. The first-order valence-corrected chi connectivity index (χ1v) is 15.2. The highest BCUT2D eigenvalue weighted by atomic mass is 32.2. The summed E-state index contributed by atoms with van der Waals surface area (Å²) in [5.41, 5.74) is -0.771. The molecule has 40 heavy (non-hydrogen) atoms. The zero-order valence-electron chi connectivity index (χ0n) is 22.7. The lowest BCUT2D eigenvalue weighted by Crippen LogP contribution is -2.56. The number of unbranched alkanes of at least 4 members (excludes halogenated alkanes) is 2. The molecular formula is C27H39N5O7S. The summed E-state index contributed by atoms with van der Waals surface area (Å²) in [4.78, 5) is 74.8. The van der Waals surface area contributed by atoms with Crippen LogP contribution in [0, 0.1) is 5.41 Å². The van der Waals surface area contributed by atoms with Crippen molar-refractivity contribution in [3.63, 3.8) is 0 Å². The minimum Gasteiger partial charge on any atom is -0.481 e. The SMILES string of the molecule is O=C(O)CCCC[C@]1(C(=O)NCCCCNC(=O)C2(CN3C(=O)C=CC3=O)CCCCC2)SC[C@@H]2NC(=O)N[C@@H]21. The third-order valence-electron chi connectivity index (χ3n) is 8.43. The Morgan fingerprint density at radius 3 is 2.23 bits per heavy atom. The average Bonchev–Trinajstić information content (AvgIpc) is 3.57. The lowest BCUT2D eigenvalue weighted by atomic mass is 9.72. The fraction of sp³-hybridized carbons (Fsp3) is 0.704. The zero-order chi connectivity index (χ0) is 28.8. The summed E-state index contributed by atoms with van der Waals surface area (Å²) in [7, 11) is 0. The average molecular weight is 578 g/mol. The summed E-state index contributed by atoms with van der Waals surface area (Å²) in [6, 6.07) is -0.795. The van der Waals surface area contributed by atoms with E-state index in [1.165, 1.54) is 23.9 Å². The first-order chi connectivity index (χ1) is 19.2. The number of carboxylic acids is 1. The number of hydrogen-bond acceptors (Lipinski definition) is 7. The lowest BCUT2D eigenvalue weighted by Gasteiger charge is -2.38. The number of carbonyl (C=O) groups is 6. The van der Waals surface area contributed by atoms with E-state index in [2.05, 4.69) is 21.3 Å². The maximum absolute atomic E-state index is 13.4. The monoisotopic (exact) mass is 577 g/mol. The number of fused-ring (bicyclic) bond motifs is 1. The van der Waals surface area contributed by atoms with Crippen molar-refractivity contribution in [2.45, 2.75) is 87.5 Å². The molecule has 3 fully saturated rings. The molecule has 3 heterocycles. The minimum absolute atomic E-state index is 0.0373. The molecule has 1 saturated carbocycles. The van der Waals surface area contributed by atoms with Gasteiger partial charge in [0.05, 0.1) is 17.5 Å². The quantitative estimate of drug-likeness (QED) is 0.116. The van der Waals surface area contributed by atoms with Gasteiger partial charge in [-0.3, -0.25) is 28.9 Å². The smallest absolute Gasteiger partial charge is 0.315 e. The topological polar surface area (TPSA) is 174 Å². The molecule has 0 bridgehead atoms. The molecule has 2 saturated heterocycles. The summed E-state index contributed by atoms with van der Waals surface area (Å²) in [6.07, 6.45) is 9.30. The highest BCUT2D eigenvalue weighted by Gasteiger charge is 2.57. The summed E-state index contributed by atoms with van der Waals surface area (Å²) < 4.78 is -0.858. The summed E-state index contributed by atoms with van der Waals surface area (Å²) in [5, 5.41) is 20.7. The molecule has 12 nitrogen and oxygen atoms in total. The molecule has 0 aromatic heterocycles. The molecule has 220 valence electrons. The number of urea groups is 1. The Hall–Kier alpha value is -3.09. The number of nitrogens with one attached hydrogen (secondary N) is 4. The van der Waals surface area contributed by atoms with Gasteiger partial charge in [-0.2, -0.15) is 0 Å². The summed E-state index contributed by atoms with van der Waals surface area (Å²) in [5.74, 6) is -1.32. The van der Waals surface area contributed by atoms with Crippen LogP contribution in [-0.4, -0.2) is 87.9 Å². The van der Waals surface area contributed by atoms with Gasteiger partial charge in [0.15, 0.2) is 0 Å². The Labute approximate surface area is 237 Å². The summed E-state index contributed by atoms with van der Waals surface area (Å²) >= 11 is 1.50. The Kier molecular flexibility index (Phi) is 9.75. The second kappa shape index (κ2) is 13.0. The first-order valence-electron chi connectivity index (χ1n) is 14.2. The number of thioether (sulfide) groups is 1. The third kappa shape index (κ3) is 6.61. The molecule has 0 radical (unpaired) electrons. The molecule has 13 heteroatoms. The molecule has 3 atom stereocenters. The van der Waals surface area contributed by atoms with Gasteiger partial charge >= 0.3 is 12.0 Å². The first kappa shape index (κ1) is 29.9. The molecule has 4 rings (SSSR count). The number of amides is 6. The van der Waals surface area contributed by atoms with Crippen molar-refractivity contribution in [3.8, 4) is 0 Å². The van der Waals surface area contributed by atoms with Crippen LogP contribution in [0.4, 0.5) is 4.79 Å². The van der Waals surface area contributed by atoms with Crippen LogP contribution in [0.3, 0.4) is 0 Å². The predicted octanol–water partition coefficient (Wildman–Crippen LogP) is 1.06. The Balaban J connectivity index is 1.24. The summed E-state index contributed by atoms with van der Waals surface area (Å²) in [6.45, 7) is 0.911. The van der Waals surface area contributed by atoms with E-state index >= 15 is 0 Å². The fourth-order valence-electron chi connectivity index (χ4n) is 6.22. The van der Waals surface area contributed by atoms with Crippen molar-refractivity contribution in [1.82, 2.24) is 26.2 Å². The molecule has 0 spiro atoms. The van der Waals surface area contributed by atoms with Gasteiger partial charge in [-0.05, 0) is 38.5 Å². The molecule has 0 unspecified atom stereocenters. The highest BCUT2D eigenvalue weighted by Crippen LogP contribution is 2.44. The fourth-order valence-corrected chi connectivity index (χ4v) is 7.87. The van der Waals surface area contributed by atoms with E-state index in [9.17, 15) is 28.8 Å². The van der Waals surface area contributed by atoms with Crippen LogP contribution in [0.5, 0.6) is 0 Å². The zero-order valence-corrected chi connectivity index (χ0v) is 23.5. The van der Waals surface area contributed by atoms with Crippen LogP contribution in [-0.2, 0) is 24.0 Å². The van der Waals surface area contributed by atoms with Gasteiger partial charge in [-0.1, -0.05) is 25.7 Å². The van der Waals surface area contributed by atoms with E-state index < -0.39 is 16.1 Å². The molecule has 0 aromatic rings. The standard InChI is InChI=1S/C27H39N5O7S/c33-19-9-10-20(34)32(19)17-26(11-3-1-4-12-26)23(37)28-14-6-7-15-29-24(38)27(13-5-2-8-21(35)36)22-18(16-40-27)30-25(39)31-22/h9-10,18,22H,1-8,11-17H2,(H,28,37)(H,29,38)(H,35,36)(H2,30,31,39)/t18-,22-,27-/m0/s1. The van der Waals surface area contributed by atoms with E-state index in [-0.39, 0.29) is 54.7 Å². The van der Waals surface area contributed by atoms with Crippen LogP contribution in [0.25, 0.3) is 0 Å². The van der Waals surface area contributed by atoms with Gasteiger partial charge in [0, 0.05) is 44.0 Å². The second-order valence-corrected chi connectivity index (χ2v) is 12.5. The van der Waals surface area contributed by atoms with Crippen LogP contribution in [0.1, 0.15) is 70.6 Å². The van der Waals surface area contributed by atoms with Crippen LogP contribution >= 0.6 is 11.8 Å². The Bertz CT molecular complexity index is 1040. The van der Waals surface area contributed by atoms with Crippen LogP contribution < -0.4 is 21.3 Å². The van der Waals surface area contributed by atoms with Gasteiger partial charge in [0.1, 0.15) is 4.75 Å². The van der Waals surface area contributed by atoms with Crippen LogP contribution in [0.15, 0.2) is 12.2 Å². The van der Waals surface area contributed by atoms with Crippen molar-refractivity contribution >= 4 is 47.4 Å². The molecule has 5 N–H and O–H groups in total. The maximum Gasteiger partial charge on any atom is 0.315 e. The van der Waals surface area contributed by atoms with Crippen LogP contribution in [0.2, 0.25) is 0 Å². The number of imide groups is 1. The van der Waals surface area contributed by atoms with E-state index in [1.54, 1.807) is 0 Å². The normalized spacial score (nSPS) is 26.8. The number of carboxylic acid groups (broad SMARTS) is 1. The van der Waals surface area contributed by atoms with E-state index in [1.807, 2.05) is 0 Å². The molecule has 4 aliphatic rings. The van der Waals surface area contributed by atoms with E-state index in [0.717, 1.165) is 24.2 Å². The minimum atomic E-state index is -0.872. The molecule has 6 amide bonds. The van der Waals surface area contributed by atoms with Crippen molar-refractivity contribution in [1.29, 1.82) is 0 Å². The highest BCUT2D eigenvalue weighted by molar-refractivity contribution is 8.01. The lowest BCUT2D eigenvalue weighted by molar-refractivity contribution is -0.143. The Morgan fingerprint density at radius 1 is 0.925 bits per heavy atom. The van der Waals surface area contributed by atoms with Crippen molar-refractivity contribution in [3.05, 3.63) is 12.2 Å².